The summed E-state index contributed by atoms with van der Waals surface area (Å²) in [7, 11) is 0. The number of fused-ring (bicyclic) bond motifs is 1. The Balaban J connectivity index is 1.16. The molecule has 1 fully saturated rings. The van der Waals surface area contributed by atoms with Crippen molar-refractivity contribution in [1.29, 1.82) is 0 Å². The molecule has 0 unspecified atom stereocenters. The summed E-state index contributed by atoms with van der Waals surface area (Å²) in [6.07, 6.45) is 22.7. The number of hydrogen-bond acceptors (Lipinski definition) is 2. The van der Waals surface area contributed by atoms with Gasteiger partial charge in [0.2, 0.25) is 5.91 Å². The number of hydrogen-bond donors (Lipinski definition) is 0. The van der Waals surface area contributed by atoms with E-state index in [0.717, 1.165) is 23.6 Å². The van der Waals surface area contributed by atoms with Crippen molar-refractivity contribution in [1.82, 2.24) is 9.55 Å². The minimum atomic E-state index is 0.141. The first-order valence-electron chi connectivity index (χ1n) is 16.5. The molecule has 1 aliphatic heterocycles. The summed E-state index contributed by atoms with van der Waals surface area (Å²) < 4.78 is 2.41. The first-order chi connectivity index (χ1) is 19.7. The van der Waals surface area contributed by atoms with E-state index in [1.165, 1.54) is 114 Å². The van der Waals surface area contributed by atoms with Gasteiger partial charge in [0.05, 0.1) is 11.0 Å². The summed E-state index contributed by atoms with van der Waals surface area (Å²) in [5.74, 6) is 1.43. The number of anilines is 1. The maximum Gasteiger partial charge on any atom is 0.227 e. The van der Waals surface area contributed by atoms with Crippen LogP contribution in [0.4, 0.5) is 5.69 Å². The van der Waals surface area contributed by atoms with Gasteiger partial charge in [0.25, 0.3) is 0 Å². The van der Waals surface area contributed by atoms with Gasteiger partial charge in [-0.25, -0.2) is 4.98 Å². The van der Waals surface area contributed by atoms with Crippen molar-refractivity contribution >= 4 is 22.6 Å². The second-order valence-electron chi connectivity index (χ2n) is 12.2. The molecule has 0 radical (unpaired) electrons. The molecule has 2 aromatic carbocycles. The van der Waals surface area contributed by atoms with Gasteiger partial charge >= 0.3 is 0 Å². The lowest BCUT2D eigenvalue weighted by Crippen LogP contribution is -2.24. The number of carbonyl (C=O) groups is 1. The standard InChI is InChI=1S/C36H53N3O/c1-3-4-5-6-7-8-9-10-11-12-13-14-15-16-17-20-27-38-34-22-19-18-21-33(34)37-36(38)31-28-35(40)39(29-31)32-25-23-30(2)24-26-32/h18-19,21-26,31H,3-17,20,27-29H2,1-2H3/t31-/m0/s1. The van der Waals surface area contributed by atoms with Gasteiger partial charge in [-0.2, -0.15) is 0 Å². The fraction of sp³-hybridized carbons (Fsp3) is 0.611. The summed E-state index contributed by atoms with van der Waals surface area (Å²) >= 11 is 0. The van der Waals surface area contributed by atoms with Crippen LogP contribution in [0.25, 0.3) is 11.0 Å². The van der Waals surface area contributed by atoms with E-state index >= 15 is 0 Å². The summed E-state index contributed by atoms with van der Waals surface area (Å²) in [4.78, 5) is 20.0. The zero-order chi connectivity index (χ0) is 28.0. The quantitative estimate of drug-likeness (QED) is 0.141. The zero-order valence-corrected chi connectivity index (χ0v) is 25.4. The first kappa shape index (κ1) is 30.3. The lowest BCUT2D eigenvalue weighted by Gasteiger charge is -2.17. The lowest BCUT2D eigenvalue weighted by atomic mass is 10.0. The van der Waals surface area contributed by atoms with E-state index in [1.807, 2.05) is 4.90 Å². The molecule has 40 heavy (non-hydrogen) atoms. The minimum Gasteiger partial charge on any atom is -0.328 e. The van der Waals surface area contributed by atoms with Gasteiger partial charge in [0.15, 0.2) is 0 Å². The second-order valence-corrected chi connectivity index (χ2v) is 12.2. The number of amides is 1. The molecule has 1 saturated heterocycles. The Morgan fingerprint density at radius 3 is 1.88 bits per heavy atom. The molecule has 1 amide bonds. The Morgan fingerprint density at radius 1 is 0.725 bits per heavy atom. The molecule has 218 valence electrons. The monoisotopic (exact) mass is 543 g/mol. The predicted molar refractivity (Wildman–Crippen MR) is 170 cm³/mol. The molecule has 4 nitrogen and oxygen atoms in total. The smallest absolute Gasteiger partial charge is 0.227 e. The van der Waals surface area contributed by atoms with E-state index in [1.54, 1.807) is 0 Å². The van der Waals surface area contributed by atoms with E-state index in [2.05, 4.69) is 66.9 Å². The third kappa shape index (κ3) is 8.94. The summed E-state index contributed by atoms with van der Waals surface area (Å²) in [5, 5.41) is 0. The van der Waals surface area contributed by atoms with Crippen LogP contribution in [0.1, 0.15) is 133 Å². The van der Waals surface area contributed by atoms with Crippen LogP contribution in [0.5, 0.6) is 0 Å². The number of carbonyl (C=O) groups excluding carboxylic acids is 1. The van der Waals surface area contributed by atoms with Crippen LogP contribution in [0.15, 0.2) is 48.5 Å². The Bertz CT molecular complexity index is 1150. The number of para-hydroxylation sites is 2. The van der Waals surface area contributed by atoms with Gasteiger partial charge in [-0.15, -0.1) is 0 Å². The molecular weight excluding hydrogens is 490 g/mol. The predicted octanol–water partition coefficient (Wildman–Crippen LogP) is 10.1. The van der Waals surface area contributed by atoms with E-state index in [0.29, 0.717) is 13.0 Å². The zero-order valence-electron chi connectivity index (χ0n) is 25.4. The number of unbranched alkanes of at least 4 members (excludes halogenated alkanes) is 15. The van der Waals surface area contributed by atoms with Crippen LogP contribution < -0.4 is 4.90 Å². The van der Waals surface area contributed by atoms with Gasteiger partial charge in [-0.05, 0) is 37.6 Å². The van der Waals surface area contributed by atoms with Crippen molar-refractivity contribution in [3.8, 4) is 0 Å². The third-order valence-corrected chi connectivity index (χ3v) is 8.76. The number of aryl methyl sites for hydroxylation is 2. The van der Waals surface area contributed by atoms with E-state index in [-0.39, 0.29) is 11.8 Å². The SMILES string of the molecule is CCCCCCCCCCCCCCCCCCn1c([C@H]2CC(=O)N(c3ccc(C)cc3)C2)nc2ccccc21. The first-order valence-corrected chi connectivity index (χ1v) is 16.5. The Hall–Kier alpha value is -2.62. The highest BCUT2D eigenvalue weighted by Gasteiger charge is 2.34. The highest BCUT2D eigenvalue weighted by Crippen LogP contribution is 2.33. The van der Waals surface area contributed by atoms with Crippen LogP contribution in [-0.4, -0.2) is 22.0 Å². The topological polar surface area (TPSA) is 38.1 Å². The average Bonchev–Trinajstić information content (AvgIpc) is 3.53. The molecule has 4 rings (SSSR count). The molecule has 1 aliphatic rings. The van der Waals surface area contributed by atoms with Gasteiger partial charge in [0.1, 0.15) is 5.82 Å². The van der Waals surface area contributed by atoms with E-state index in [4.69, 9.17) is 4.98 Å². The average molecular weight is 544 g/mol. The Morgan fingerprint density at radius 2 is 1.27 bits per heavy atom. The third-order valence-electron chi connectivity index (χ3n) is 8.76. The maximum atomic E-state index is 13.0. The highest BCUT2D eigenvalue weighted by atomic mass is 16.2. The normalized spacial score (nSPS) is 15.5. The Kier molecular flexibility index (Phi) is 12.6. The molecule has 1 atom stereocenters. The highest BCUT2D eigenvalue weighted by molar-refractivity contribution is 5.96. The van der Waals surface area contributed by atoms with Gasteiger partial charge in [0, 0.05) is 31.1 Å². The second kappa shape index (κ2) is 16.6. The fourth-order valence-electron chi connectivity index (χ4n) is 6.31. The number of imidazole rings is 1. The summed E-state index contributed by atoms with van der Waals surface area (Å²) in [6.45, 7) is 6.08. The van der Waals surface area contributed by atoms with E-state index < -0.39 is 0 Å². The van der Waals surface area contributed by atoms with Crippen molar-refractivity contribution in [2.24, 2.45) is 0 Å². The molecule has 0 N–H and O–H groups in total. The molecule has 1 aromatic heterocycles. The molecule has 3 aromatic rings. The van der Waals surface area contributed by atoms with Gasteiger partial charge in [-0.1, -0.05) is 133 Å². The number of benzene rings is 2. The fourth-order valence-corrected chi connectivity index (χ4v) is 6.31. The summed E-state index contributed by atoms with van der Waals surface area (Å²) in [6, 6.07) is 16.8. The lowest BCUT2D eigenvalue weighted by molar-refractivity contribution is -0.117. The largest absolute Gasteiger partial charge is 0.328 e. The van der Waals surface area contributed by atoms with Crippen LogP contribution in [0.2, 0.25) is 0 Å². The number of aromatic nitrogens is 2. The van der Waals surface area contributed by atoms with Crippen LogP contribution in [0, 0.1) is 6.92 Å². The van der Waals surface area contributed by atoms with Crippen molar-refractivity contribution in [3.05, 3.63) is 59.9 Å². The van der Waals surface area contributed by atoms with Crippen LogP contribution in [0.3, 0.4) is 0 Å². The summed E-state index contributed by atoms with van der Waals surface area (Å²) in [5.41, 5.74) is 4.47. The Labute approximate surface area is 243 Å². The van der Waals surface area contributed by atoms with Gasteiger partial charge in [-0.3, -0.25) is 4.79 Å². The molecule has 4 heteroatoms. The number of nitrogens with zero attached hydrogens (tertiary/aromatic N) is 3. The minimum absolute atomic E-state index is 0.141. The van der Waals surface area contributed by atoms with Gasteiger partial charge < -0.3 is 9.47 Å². The van der Waals surface area contributed by atoms with Crippen LogP contribution in [-0.2, 0) is 11.3 Å². The van der Waals surface area contributed by atoms with Crippen molar-refractivity contribution < 1.29 is 4.79 Å². The molecule has 2 heterocycles. The van der Waals surface area contributed by atoms with Crippen molar-refractivity contribution in [2.45, 2.75) is 135 Å². The van der Waals surface area contributed by atoms with E-state index in [9.17, 15) is 4.79 Å². The van der Waals surface area contributed by atoms with Crippen LogP contribution >= 0.6 is 0 Å². The molecule has 0 aliphatic carbocycles. The molecule has 0 bridgehead atoms. The van der Waals surface area contributed by atoms with Crippen molar-refractivity contribution in [2.75, 3.05) is 11.4 Å². The maximum absolute atomic E-state index is 13.0. The number of rotatable bonds is 19. The molecular formula is C36H53N3O. The van der Waals surface area contributed by atoms with Crippen molar-refractivity contribution in [3.63, 3.8) is 0 Å². The molecule has 0 saturated carbocycles. The molecule has 0 spiro atoms.